The first kappa shape index (κ1) is 18.3. The SMILES string of the molecule is CN(C)[C@]1(c2ccccc2)CC[C@]2(CC1)CN(c1ccc(Cl)cn1)C(=O)N2. The lowest BCUT2D eigenvalue weighted by Crippen LogP contribution is -2.54. The summed E-state index contributed by atoms with van der Waals surface area (Å²) in [7, 11) is 4.31. The molecule has 142 valence electrons. The van der Waals surface area contributed by atoms with Gasteiger partial charge in [-0.2, -0.15) is 0 Å². The second-order valence-corrected chi connectivity index (χ2v) is 8.36. The molecule has 1 spiro atoms. The average Bonchev–Trinajstić information content (AvgIpc) is 3.00. The lowest BCUT2D eigenvalue weighted by molar-refractivity contribution is 0.0657. The molecule has 5 nitrogen and oxygen atoms in total. The number of halogens is 1. The summed E-state index contributed by atoms with van der Waals surface area (Å²) in [6.45, 7) is 0.652. The summed E-state index contributed by atoms with van der Waals surface area (Å²) in [6.07, 6.45) is 5.48. The van der Waals surface area contributed by atoms with E-state index in [1.807, 2.05) is 0 Å². The van der Waals surface area contributed by atoms with Crippen molar-refractivity contribution < 1.29 is 4.79 Å². The van der Waals surface area contributed by atoms with E-state index >= 15 is 0 Å². The number of rotatable bonds is 3. The molecule has 1 saturated heterocycles. The summed E-state index contributed by atoms with van der Waals surface area (Å²) in [5.74, 6) is 0.654. The van der Waals surface area contributed by atoms with E-state index in [1.54, 1.807) is 23.2 Å². The Morgan fingerprint density at radius 1 is 1.07 bits per heavy atom. The van der Waals surface area contributed by atoms with E-state index in [2.05, 4.69) is 59.6 Å². The molecule has 2 fully saturated rings. The van der Waals surface area contributed by atoms with E-state index in [4.69, 9.17) is 11.6 Å². The molecule has 6 heteroatoms. The Kier molecular flexibility index (Phi) is 4.60. The Labute approximate surface area is 165 Å². The van der Waals surface area contributed by atoms with Gasteiger partial charge < -0.3 is 5.32 Å². The van der Waals surface area contributed by atoms with Gasteiger partial charge >= 0.3 is 6.03 Å². The lowest BCUT2D eigenvalue weighted by atomic mass is 9.69. The molecule has 2 amide bonds. The molecule has 1 aromatic heterocycles. The minimum Gasteiger partial charge on any atom is -0.330 e. The largest absolute Gasteiger partial charge is 0.330 e. The van der Waals surface area contributed by atoms with E-state index in [1.165, 1.54) is 5.56 Å². The molecule has 0 unspecified atom stereocenters. The summed E-state index contributed by atoms with van der Waals surface area (Å²) >= 11 is 5.93. The fourth-order valence-corrected chi connectivity index (χ4v) is 4.70. The van der Waals surface area contributed by atoms with Crippen LogP contribution in [0.4, 0.5) is 10.6 Å². The monoisotopic (exact) mass is 384 g/mol. The Balaban J connectivity index is 1.54. The summed E-state index contributed by atoms with van der Waals surface area (Å²) in [4.78, 5) is 21.0. The number of hydrogen-bond donors (Lipinski definition) is 1. The number of hydrogen-bond acceptors (Lipinski definition) is 3. The van der Waals surface area contributed by atoms with Gasteiger partial charge in [0.05, 0.1) is 17.1 Å². The molecule has 1 N–H and O–H groups in total. The molecular weight excluding hydrogens is 360 g/mol. The second kappa shape index (κ2) is 6.80. The molecule has 1 aliphatic carbocycles. The molecule has 2 heterocycles. The van der Waals surface area contributed by atoms with E-state index in [9.17, 15) is 4.79 Å². The molecule has 0 radical (unpaired) electrons. The highest BCUT2D eigenvalue weighted by Crippen LogP contribution is 2.46. The zero-order chi connectivity index (χ0) is 19.1. The number of amides is 2. The van der Waals surface area contributed by atoms with Gasteiger partial charge in [0.15, 0.2) is 0 Å². The molecule has 0 atom stereocenters. The minimum absolute atomic E-state index is 0.0170. The average molecular weight is 385 g/mol. The van der Waals surface area contributed by atoms with E-state index in [0.717, 1.165) is 25.7 Å². The highest BCUT2D eigenvalue weighted by molar-refractivity contribution is 6.30. The smallest absolute Gasteiger partial charge is 0.323 e. The van der Waals surface area contributed by atoms with Crippen molar-refractivity contribution in [1.29, 1.82) is 0 Å². The highest BCUT2D eigenvalue weighted by atomic mass is 35.5. The van der Waals surface area contributed by atoms with Gasteiger partial charge in [0.2, 0.25) is 0 Å². The van der Waals surface area contributed by atoms with Gasteiger partial charge in [-0.25, -0.2) is 9.78 Å². The number of carbonyl (C=O) groups is 1. The summed E-state index contributed by atoms with van der Waals surface area (Å²) < 4.78 is 0. The number of nitrogens with one attached hydrogen (secondary N) is 1. The van der Waals surface area contributed by atoms with E-state index in [-0.39, 0.29) is 17.1 Å². The summed E-state index contributed by atoms with van der Waals surface area (Å²) in [6, 6.07) is 14.2. The zero-order valence-electron chi connectivity index (χ0n) is 15.8. The minimum atomic E-state index is -0.188. The molecule has 2 aromatic rings. The first-order chi connectivity index (χ1) is 12.9. The normalized spacial score (nSPS) is 28.0. The predicted molar refractivity (Wildman–Crippen MR) is 108 cm³/mol. The molecule has 2 aliphatic rings. The van der Waals surface area contributed by atoms with Crippen LogP contribution in [0, 0.1) is 0 Å². The molecule has 1 aliphatic heterocycles. The van der Waals surface area contributed by atoms with Crippen LogP contribution in [0.1, 0.15) is 31.2 Å². The lowest BCUT2D eigenvalue weighted by Gasteiger charge is -2.48. The Bertz CT molecular complexity index is 814. The topological polar surface area (TPSA) is 48.5 Å². The third-order valence-corrected chi connectivity index (χ3v) is 6.49. The van der Waals surface area contributed by atoms with Crippen molar-refractivity contribution in [1.82, 2.24) is 15.2 Å². The zero-order valence-corrected chi connectivity index (χ0v) is 16.5. The van der Waals surface area contributed by atoms with Crippen LogP contribution in [0.25, 0.3) is 0 Å². The molecule has 1 aromatic carbocycles. The number of anilines is 1. The first-order valence-electron chi connectivity index (χ1n) is 9.38. The van der Waals surface area contributed by atoms with E-state index in [0.29, 0.717) is 17.4 Å². The predicted octanol–water partition coefficient (Wildman–Crippen LogP) is 4.03. The van der Waals surface area contributed by atoms with Crippen LogP contribution in [-0.2, 0) is 5.54 Å². The van der Waals surface area contributed by atoms with Crippen molar-refractivity contribution in [2.75, 3.05) is 25.5 Å². The number of aromatic nitrogens is 1. The van der Waals surface area contributed by atoms with Crippen LogP contribution >= 0.6 is 11.6 Å². The molecule has 27 heavy (non-hydrogen) atoms. The Hall–Kier alpha value is -2.11. The van der Waals surface area contributed by atoms with Gasteiger partial charge in [-0.05, 0) is 57.5 Å². The van der Waals surface area contributed by atoms with Crippen molar-refractivity contribution in [3.63, 3.8) is 0 Å². The fraction of sp³-hybridized carbons (Fsp3) is 0.429. The number of urea groups is 1. The fourth-order valence-electron chi connectivity index (χ4n) is 4.59. The maximum Gasteiger partial charge on any atom is 0.323 e. The number of nitrogens with zero attached hydrogens (tertiary/aromatic N) is 3. The van der Waals surface area contributed by atoms with Crippen LogP contribution in [0.3, 0.4) is 0 Å². The molecular formula is C21H25ClN4O. The second-order valence-electron chi connectivity index (χ2n) is 7.92. The Morgan fingerprint density at radius 2 is 1.78 bits per heavy atom. The summed E-state index contributed by atoms with van der Waals surface area (Å²) in [5.41, 5.74) is 1.18. The summed E-state index contributed by atoms with van der Waals surface area (Å²) in [5, 5.41) is 3.83. The van der Waals surface area contributed by atoms with Crippen LogP contribution in [-0.4, -0.2) is 42.1 Å². The first-order valence-corrected chi connectivity index (χ1v) is 9.76. The molecule has 0 bridgehead atoms. The van der Waals surface area contributed by atoms with E-state index < -0.39 is 0 Å². The van der Waals surface area contributed by atoms with Crippen molar-refractivity contribution >= 4 is 23.4 Å². The van der Waals surface area contributed by atoms with Gasteiger partial charge in [-0.15, -0.1) is 0 Å². The van der Waals surface area contributed by atoms with Gasteiger partial charge in [-0.1, -0.05) is 41.9 Å². The maximum atomic E-state index is 12.6. The standard InChI is InChI=1S/C21H25ClN4O/c1-25(2)21(16-6-4-3-5-7-16)12-10-20(11-13-21)15-26(19(27)24-20)18-9-8-17(22)14-23-18/h3-9,14H,10-13,15H2,1-2H3,(H,24,27)/t20-,21+. The highest BCUT2D eigenvalue weighted by Gasteiger charge is 2.50. The number of pyridine rings is 1. The van der Waals surface area contributed by atoms with Crippen molar-refractivity contribution in [2.24, 2.45) is 0 Å². The van der Waals surface area contributed by atoms with Crippen molar-refractivity contribution in [3.05, 3.63) is 59.2 Å². The van der Waals surface area contributed by atoms with Crippen LogP contribution < -0.4 is 10.2 Å². The van der Waals surface area contributed by atoms with Crippen molar-refractivity contribution in [3.8, 4) is 0 Å². The molecule has 4 rings (SSSR count). The third kappa shape index (κ3) is 3.19. The Morgan fingerprint density at radius 3 is 2.37 bits per heavy atom. The van der Waals surface area contributed by atoms with Gasteiger partial charge in [0.1, 0.15) is 5.82 Å². The van der Waals surface area contributed by atoms with Gasteiger partial charge in [0, 0.05) is 11.7 Å². The van der Waals surface area contributed by atoms with Gasteiger partial charge in [0.25, 0.3) is 0 Å². The molecule has 1 saturated carbocycles. The van der Waals surface area contributed by atoms with Crippen molar-refractivity contribution in [2.45, 2.75) is 36.8 Å². The quantitative estimate of drug-likeness (QED) is 0.868. The van der Waals surface area contributed by atoms with Crippen LogP contribution in [0.5, 0.6) is 0 Å². The van der Waals surface area contributed by atoms with Crippen LogP contribution in [0.15, 0.2) is 48.7 Å². The van der Waals surface area contributed by atoms with Crippen LogP contribution in [0.2, 0.25) is 5.02 Å². The maximum absolute atomic E-state index is 12.6. The number of benzene rings is 1. The third-order valence-electron chi connectivity index (χ3n) is 6.27. The number of carbonyl (C=O) groups excluding carboxylic acids is 1. The van der Waals surface area contributed by atoms with Gasteiger partial charge in [-0.3, -0.25) is 9.80 Å².